The van der Waals surface area contributed by atoms with Gasteiger partial charge in [-0.15, -0.1) is 8.78 Å². The van der Waals surface area contributed by atoms with E-state index in [9.17, 15) is 82.3 Å². The van der Waals surface area contributed by atoms with Gasteiger partial charge in [-0.25, -0.2) is 38.2 Å². The molecule has 4 N–H and O–H groups in total. The lowest BCUT2D eigenvalue weighted by atomic mass is 9.76. The van der Waals surface area contributed by atoms with Crippen LogP contribution < -0.4 is 21.3 Å². The van der Waals surface area contributed by atoms with Crippen LogP contribution in [-0.2, 0) is 71.3 Å². The largest absolute Gasteiger partial charge is 0.495 e. The molecule has 0 bridgehead atoms. The highest BCUT2D eigenvalue weighted by molar-refractivity contribution is 5.81. The van der Waals surface area contributed by atoms with E-state index in [0.717, 1.165) is 109 Å². The van der Waals surface area contributed by atoms with Crippen molar-refractivity contribution in [3.63, 3.8) is 0 Å². The summed E-state index contributed by atoms with van der Waals surface area (Å²) in [5.74, 6) is -5.55. The van der Waals surface area contributed by atoms with E-state index in [1.54, 1.807) is 0 Å². The molecule has 4 rings (SSSR count). The van der Waals surface area contributed by atoms with Crippen LogP contribution in [0.2, 0.25) is 0 Å². The Morgan fingerprint density at radius 2 is 0.728 bits per heavy atom. The molecule has 0 heterocycles. The van der Waals surface area contributed by atoms with E-state index in [-0.39, 0.29) is 44.2 Å². The number of unbranched alkanes of at least 4 members (excludes halogenated alkanes) is 4. The van der Waals surface area contributed by atoms with Crippen molar-refractivity contribution in [2.75, 3.05) is 47.1 Å². The Morgan fingerprint density at radius 3 is 1.03 bits per heavy atom. The predicted molar refractivity (Wildman–Crippen MR) is 301 cm³/mol. The molecule has 0 aromatic carbocycles. The summed E-state index contributed by atoms with van der Waals surface area (Å²) in [5.41, 5.74) is 0. The van der Waals surface area contributed by atoms with Crippen molar-refractivity contribution < 1.29 is 134 Å². The second kappa shape index (κ2) is 40.7. The average Bonchev–Trinajstić information content (AvgIpc) is 0.843. The van der Waals surface area contributed by atoms with Crippen LogP contribution in [0.1, 0.15) is 174 Å². The highest BCUT2D eigenvalue weighted by atomic mass is 19.3. The monoisotopic (exact) mass is 1350 g/mol. The van der Waals surface area contributed by atoms with Crippen LogP contribution in [0.5, 0.6) is 0 Å². The summed E-state index contributed by atoms with van der Waals surface area (Å²) in [5, 5.41) is 10.8. The van der Waals surface area contributed by atoms with Gasteiger partial charge in [0.15, 0.2) is 13.2 Å². The summed E-state index contributed by atoms with van der Waals surface area (Å²) >= 11 is 0. The third-order valence-electron chi connectivity index (χ3n) is 15.8. The van der Waals surface area contributed by atoms with Crippen molar-refractivity contribution in [3.05, 3.63) is 25.3 Å². The standard InChI is InChI=1S/C31H44F8N2O10.C28H44F2N2O9/c1-3-24(42)48-19-49-25(43)7-5-4-6-16-46-26(44)40-22-12-8-20(9-13-22)17-21-10-14-23(15-11-21)41-27(45)47-18-29(34,35)50-31(38,39)51-30(36,37)28(2,32)33;1-3-24(33)40-19-41-25(34)7-5-4-6-16-38-26(35)31-22-12-8-20(9-13-22)17-21-10-14-23(15-11-21)32-27(36)39-18-28(29,30)37-2/h3,20-23H,1,4-19H2,2H3,(H,40,44)(H,41,45);3,20-23H,1,4-19H2,2H3,(H,31,35)(H,32,36). The van der Waals surface area contributed by atoms with Crippen LogP contribution in [0, 0.1) is 23.7 Å². The minimum atomic E-state index is -5.84. The van der Waals surface area contributed by atoms with E-state index in [2.05, 4.69) is 67.6 Å². The molecule has 4 saturated carbocycles. The minimum Gasteiger partial charge on any atom is -0.450 e. The van der Waals surface area contributed by atoms with Crippen molar-refractivity contribution in [2.45, 2.75) is 229 Å². The molecule has 0 aromatic heterocycles. The van der Waals surface area contributed by atoms with Crippen LogP contribution in [0.25, 0.3) is 0 Å². The van der Waals surface area contributed by atoms with Gasteiger partial charge in [-0.2, -0.15) is 35.1 Å². The second-order valence-corrected chi connectivity index (χ2v) is 23.1. The van der Waals surface area contributed by atoms with Crippen molar-refractivity contribution in [1.29, 1.82) is 0 Å². The number of ether oxygens (including phenoxy) is 11. The number of rotatable bonds is 36. The summed E-state index contributed by atoms with van der Waals surface area (Å²) in [6, 6.07) is -0.456. The van der Waals surface area contributed by atoms with Gasteiger partial charge in [0.25, 0.3) is 0 Å². The molecule has 0 unspecified atom stereocenters. The molecule has 528 valence electrons. The van der Waals surface area contributed by atoms with Crippen LogP contribution in [-0.4, -0.2) is 150 Å². The Balaban J connectivity index is 0.000000492. The van der Waals surface area contributed by atoms with Crippen molar-refractivity contribution >= 4 is 48.3 Å². The van der Waals surface area contributed by atoms with E-state index in [0.29, 0.717) is 87.9 Å². The van der Waals surface area contributed by atoms with Gasteiger partial charge in [0.2, 0.25) is 13.6 Å². The number of esters is 4. The van der Waals surface area contributed by atoms with Gasteiger partial charge in [-0.3, -0.25) is 9.59 Å². The number of carbonyl (C=O) groups excluding carboxylic acids is 8. The van der Waals surface area contributed by atoms with Crippen LogP contribution in [0.15, 0.2) is 25.3 Å². The molecule has 0 aromatic rings. The number of alkyl halides is 10. The zero-order valence-electron chi connectivity index (χ0n) is 51.9. The number of hydrogen-bond acceptors (Lipinski definition) is 19. The van der Waals surface area contributed by atoms with Gasteiger partial charge in [-0.05, 0) is 178 Å². The summed E-state index contributed by atoms with van der Waals surface area (Å²) in [4.78, 5) is 92.8. The molecular formula is C59H88F10N4O19. The zero-order chi connectivity index (χ0) is 68.4. The molecule has 23 nitrogen and oxygen atoms in total. The smallest absolute Gasteiger partial charge is 0.450 e. The maximum absolute atomic E-state index is 13.7. The van der Waals surface area contributed by atoms with Gasteiger partial charge < -0.3 is 63.9 Å². The molecule has 33 heteroatoms. The maximum Gasteiger partial charge on any atom is 0.495 e. The molecule has 4 aliphatic rings. The molecule has 92 heavy (non-hydrogen) atoms. The summed E-state index contributed by atoms with van der Waals surface area (Å²) < 4.78 is 178. The number of hydrogen-bond donors (Lipinski definition) is 4. The summed E-state index contributed by atoms with van der Waals surface area (Å²) in [6.45, 7) is 2.29. The van der Waals surface area contributed by atoms with Crippen LogP contribution >= 0.6 is 0 Å². The van der Waals surface area contributed by atoms with Gasteiger partial charge in [0.1, 0.15) is 0 Å². The summed E-state index contributed by atoms with van der Waals surface area (Å²) in [6.07, 6.45) is -2.45. The van der Waals surface area contributed by atoms with Gasteiger partial charge in [0.05, 0.1) is 13.2 Å². The lowest BCUT2D eigenvalue weighted by molar-refractivity contribution is -0.533. The quantitative estimate of drug-likeness (QED) is 0.0113. The first kappa shape index (κ1) is 79.9. The van der Waals surface area contributed by atoms with E-state index < -0.39 is 119 Å². The molecule has 0 radical (unpaired) electrons. The average molecular weight is 1350 g/mol. The van der Waals surface area contributed by atoms with Crippen LogP contribution in [0.3, 0.4) is 0 Å². The lowest BCUT2D eigenvalue weighted by Gasteiger charge is -2.34. The highest BCUT2D eigenvalue weighted by Gasteiger charge is 2.62. The number of methoxy groups -OCH3 is 1. The molecule has 0 spiro atoms. The molecule has 0 atom stereocenters. The van der Waals surface area contributed by atoms with Crippen molar-refractivity contribution in [3.8, 4) is 0 Å². The van der Waals surface area contributed by atoms with Crippen LogP contribution in [0.4, 0.5) is 63.1 Å². The van der Waals surface area contributed by atoms with E-state index in [1.807, 2.05) is 0 Å². The number of carbonyl (C=O) groups is 8. The third-order valence-corrected chi connectivity index (χ3v) is 15.8. The first-order valence-corrected chi connectivity index (χ1v) is 30.8. The topological polar surface area (TPSA) is 286 Å². The van der Waals surface area contributed by atoms with Gasteiger partial charge in [-0.1, -0.05) is 13.2 Å². The molecule has 4 fully saturated rings. The molecule has 0 aliphatic heterocycles. The minimum absolute atomic E-state index is 0.0248. The fourth-order valence-electron chi connectivity index (χ4n) is 10.8. The number of nitrogens with one attached hydrogen (secondary N) is 4. The second-order valence-electron chi connectivity index (χ2n) is 23.1. The maximum atomic E-state index is 13.7. The number of halogens is 10. The Hall–Kier alpha value is -6.38. The Bertz CT molecular complexity index is 2290. The first-order valence-electron chi connectivity index (χ1n) is 30.8. The predicted octanol–water partition coefficient (Wildman–Crippen LogP) is 12.1. The highest BCUT2D eigenvalue weighted by Crippen LogP contribution is 2.42. The Labute approximate surface area is 527 Å². The summed E-state index contributed by atoms with van der Waals surface area (Å²) in [7, 11) is 0.854. The van der Waals surface area contributed by atoms with E-state index in [4.69, 9.17) is 18.9 Å². The fourth-order valence-corrected chi connectivity index (χ4v) is 10.8. The first-order chi connectivity index (χ1) is 43.3. The van der Waals surface area contributed by atoms with Crippen molar-refractivity contribution in [1.82, 2.24) is 21.3 Å². The van der Waals surface area contributed by atoms with Gasteiger partial charge in [0, 0.05) is 63.2 Å². The molecule has 4 aliphatic carbocycles. The normalized spacial score (nSPS) is 22.0. The lowest BCUT2D eigenvalue weighted by Crippen LogP contribution is -2.49. The SMILES string of the molecule is C=CC(=O)OCOC(=O)CCCCCOC(=O)NC1CCC(CC2CCC(NC(=O)OCC(F)(F)OC(F)(F)OC(F)(F)C(C)(F)F)CC2)CC1.C=CC(=O)OCOC(=O)CCCCCOC(=O)NC1CCC(CC2CCC(NC(=O)OCC(F)(F)OC)CC2)CC1. The number of amides is 4. The Kier molecular flexibility index (Phi) is 35.3. The van der Waals surface area contributed by atoms with E-state index in [1.165, 1.54) is 0 Å². The molecule has 0 saturated heterocycles. The third kappa shape index (κ3) is 35.0. The molecule has 4 amide bonds. The van der Waals surface area contributed by atoms with E-state index >= 15 is 0 Å². The fraction of sp³-hybridized carbons (Fsp3) is 0.797. The Morgan fingerprint density at radius 1 is 0.413 bits per heavy atom. The zero-order valence-corrected chi connectivity index (χ0v) is 51.9. The number of alkyl carbamates (subject to hydrolysis) is 4. The van der Waals surface area contributed by atoms with Crippen molar-refractivity contribution in [2.24, 2.45) is 23.7 Å². The van der Waals surface area contributed by atoms with Gasteiger partial charge >= 0.3 is 78.8 Å². The molecular weight excluding hydrogens is 1260 g/mol.